The molecule has 7 heteroatoms. The van der Waals surface area contributed by atoms with Crippen molar-refractivity contribution in [1.29, 1.82) is 0 Å². The second-order valence-corrected chi connectivity index (χ2v) is 6.79. The normalized spacial score (nSPS) is 10.7. The summed E-state index contributed by atoms with van der Waals surface area (Å²) in [7, 11) is 1.62. The highest BCUT2D eigenvalue weighted by Gasteiger charge is 2.06. The number of halogens is 2. The summed E-state index contributed by atoms with van der Waals surface area (Å²) in [5, 5.41) is 4.73. The molecule has 0 saturated heterocycles. The summed E-state index contributed by atoms with van der Waals surface area (Å²) >= 11 is 12.0. The standard InChI is InChI=1S/C22H18Cl2N2O3/c1-28-19-6-2-4-15(12-19)14-29-18-10-8-16(9-11-18)22(27)26-25-13-17-5-3-7-20(23)21(17)24/h2-13H,14H2,1H3,(H,26,27). The van der Waals surface area contributed by atoms with Gasteiger partial charge in [-0.3, -0.25) is 4.79 Å². The van der Waals surface area contributed by atoms with Crippen LogP contribution >= 0.6 is 23.2 Å². The predicted molar refractivity (Wildman–Crippen MR) is 115 cm³/mol. The SMILES string of the molecule is COc1cccc(COc2ccc(C(=O)NN=Cc3cccc(Cl)c3Cl)cc2)c1. The molecule has 0 heterocycles. The number of carbonyl (C=O) groups excluding carboxylic acids is 1. The average molecular weight is 429 g/mol. The maximum Gasteiger partial charge on any atom is 0.271 e. The molecule has 29 heavy (non-hydrogen) atoms. The van der Waals surface area contributed by atoms with Gasteiger partial charge in [-0.25, -0.2) is 5.43 Å². The van der Waals surface area contributed by atoms with Gasteiger partial charge in [-0.05, 0) is 48.0 Å². The van der Waals surface area contributed by atoms with Gasteiger partial charge >= 0.3 is 0 Å². The van der Waals surface area contributed by atoms with Crippen LogP contribution in [0.15, 0.2) is 71.8 Å². The molecule has 0 aromatic heterocycles. The van der Waals surface area contributed by atoms with Gasteiger partial charge in [0.1, 0.15) is 18.1 Å². The molecule has 0 spiro atoms. The molecule has 148 valence electrons. The van der Waals surface area contributed by atoms with Crippen LogP contribution in [0.1, 0.15) is 21.5 Å². The molecule has 3 aromatic carbocycles. The Labute approximate surface area is 178 Å². The molecule has 0 aliphatic carbocycles. The molecule has 0 atom stereocenters. The van der Waals surface area contributed by atoms with Crippen LogP contribution in [-0.4, -0.2) is 19.2 Å². The van der Waals surface area contributed by atoms with Crippen LogP contribution in [0, 0.1) is 0 Å². The van der Waals surface area contributed by atoms with Gasteiger partial charge in [0.15, 0.2) is 0 Å². The smallest absolute Gasteiger partial charge is 0.271 e. The van der Waals surface area contributed by atoms with E-state index in [-0.39, 0.29) is 5.91 Å². The lowest BCUT2D eigenvalue weighted by atomic mass is 10.2. The highest BCUT2D eigenvalue weighted by molar-refractivity contribution is 6.43. The van der Waals surface area contributed by atoms with Gasteiger partial charge in [-0.15, -0.1) is 0 Å². The number of nitrogens with one attached hydrogen (secondary N) is 1. The number of hydrogen-bond donors (Lipinski definition) is 1. The number of amides is 1. The first-order valence-electron chi connectivity index (χ1n) is 8.70. The largest absolute Gasteiger partial charge is 0.497 e. The quantitative estimate of drug-likeness (QED) is 0.407. The topological polar surface area (TPSA) is 59.9 Å². The summed E-state index contributed by atoms with van der Waals surface area (Å²) in [6.07, 6.45) is 1.44. The number of nitrogens with zero attached hydrogens (tertiary/aromatic N) is 1. The van der Waals surface area contributed by atoms with Crippen LogP contribution in [0.5, 0.6) is 11.5 Å². The van der Waals surface area contributed by atoms with E-state index in [1.807, 2.05) is 24.3 Å². The third-order valence-corrected chi connectivity index (χ3v) is 4.84. The van der Waals surface area contributed by atoms with Crippen molar-refractivity contribution in [3.63, 3.8) is 0 Å². The van der Waals surface area contributed by atoms with E-state index < -0.39 is 0 Å². The summed E-state index contributed by atoms with van der Waals surface area (Å²) in [5.74, 6) is 1.08. The van der Waals surface area contributed by atoms with Crippen molar-refractivity contribution >= 4 is 35.3 Å². The molecular weight excluding hydrogens is 411 g/mol. The Morgan fingerprint density at radius 2 is 1.79 bits per heavy atom. The van der Waals surface area contributed by atoms with Crippen LogP contribution in [0.25, 0.3) is 0 Å². The predicted octanol–water partition coefficient (Wildman–Crippen LogP) is 5.34. The number of benzene rings is 3. The van der Waals surface area contributed by atoms with E-state index in [2.05, 4.69) is 10.5 Å². The van der Waals surface area contributed by atoms with E-state index >= 15 is 0 Å². The monoisotopic (exact) mass is 428 g/mol. The number of ether oxygens (including phenoxy) is 2. The molecule has 3 rings (SSSR count). The first-order chi connectivity index (χ1) is 14.1. The van der Waals surface area contributed by atoms with Gasteiger partial charge in [0.25, 0.3) is 5.91 Å². The highest BCUT2D eigenvalue weighted by atomic mass is 35.5. The van der Waals surface area contributed by atoms with Crippen molar-refractivity contribution in [2.75, 3.05) is 7.11 Å². The fourth-order valence-electron chi connectivity index (χ4n) is 2.48. The molecule has 0 bridgehead atoms. The van der Waals surface area contributed by atoms with E-state index in [1.54, 1.807) is 49.6 Å². The van der Waals surface area contributed by atoms with E-state index in [0.717, 1.165) is 11.3 Å². The van der Waals surface area contributed by atoms with Gasteiger partial charge in [-0.1, -0.05) is 47.5 Å². The number of methoxy groups -OCH3 is 1. The Hall–Kier alpha value is -3.02. The fourth-order valence-corrected chi connectivity index (χ4v) is 2.83. The van der Waals surface area contributed by atoms with Crippen molar-refractivity contribution in [2.24, 2.45) is 5.10 Å². The van der Waals surface area contributed by atoms with Crippen LogP contribution in [0.4, 0.5) is 0 Å². The summed E-state index contributed by atoms with van der Waals surface area (Å²) in [5.41, 5.74) is 4.51. The van der Waals surface area contributed by atoms with Gasteiger partial charge in [0.2, 0.25) is 0 Å². The van der Waals surface area contributed by atoms with E-state index in [9.17, 15) is 4.79 Å². The van der Waals surface area contributed by atoms with Gasteiger partial charge in [0.05, 0.1) is 23.4 Å². The van der Waals surface area contributed by atoms with Crippen molar-refractivity contribution in [1.82, 2.24) is 5.43 Å². The Morgan fingerprint density at radius 3 is 2.55 bits per heavy atom. The lowest BCUT2D eigenvalue weighted by Gasteiger charge is -2.08. The third kappa shape index (κ3) is 5.73. The lowest BCUT2D eigenvalue weighted by molar-refractivity contribution is 0.0955. The van der Waals surface area contributed by atoms with Crippen LogP contribution < -0.4 is 14.9 Å². The van der Waals surface area contributed by atoms with E-state index in [4.69, 9.17) is 32.7 Å². The third-order valence-electron chi connectivity index (χ3n) is 4.01. The molecule has 0 radical (unpaired) electrons. The molecule has 3 aromatic rings. The van der Waals surface area contributed by atoms with Crippen molar-refractivity contribution in [2.45, 2.75) is 6.61 Å². The Bertz CT molecular complexity index is 1020. The molecule has 0 unspecified atom stereocenters. The molecule has 0 saturated carbocycles. The Morgan fingerprint density at radius 1 is 1.03 bits per heavy atom. The zero-order valence-electron chi connectivity index (χ0n) is 15.6. The van der Waals surface area contributed by atoms with E-state index in [0.29, 0.717) is 33.5 Å². The second-order valence-electron chi connectivity index (χ2n) is 6.01. The highest BCUT2D eigenvalue weighted by Crippen LogP contribution is 2.24. The lowest BCUT2D eigenvalue weighted by Crippen LogP contribution is -2.17. The zero-order valence-corrected chi connectivity index (χ0v) is 17.1. The number of hydrogen-bond acceptors (Lipinski definition) is 4. The van der Waals surface area contributed by atoms with Crippen LogP contribution in [0.3, 0.4) is 0 Å². The number of rotatable bonds is 7. The Balaban J connectivity index is 1.55. The minimum Gasteiger partial charge on any atom is -0.497 e. The minimum absolute atomic E-state index is 0.348. The van der Waals surface area contributed by atoms with Gasteiger partial charge < -0.3 is 9.47 Å². The summed E-state index contributed by atoms with van der Waals surface area (Å²) in [6, 6.07) is 19.6. The molecular formula is C22H18Cl2N2O3. The Kier molecular flexibility index (Phi) is 7.11. The summed E-state index contributed by atoms with van der Waals surface area (Å²) in [4.78, 5) is 12.2. The zero-order chi connectivity index (χ0) is 20.6. The summed E-state index contributed by atoms with van der Waals surface area (Å²) in [6.45, 7) is 0.396. The average Bonchev–Trinajstić information content (AvgIpc) is 2.75. The first-order valence-corrected chi connectivity index (χ1v) is 9.45. The molecule has 1 N–H and O–H groups in total. The fraction of sp³-hybridized carbons (Fsp3) is 0.0909. The first kappa shape index (κ1) is 20.7. The van der Waals surface area contributed by atoms with Crippen molar-refractivity contribution in [3.8, 4) is 11.5 Å². The minimum atomic E-state index is -0.348. The second kappa shape index (κ2) is 9.96. The maximum absolute atomic E-state index is 12.2. The summed E-state index contributed by atoms with van der Waals surface area (Å²) < 4.78 is 10.9. The molecule has 1 amide bonds. The van der Waals surface area contributed by atoms with Crippen LogP contribution in [0.2, 0.25) is 10.0 Å². The van der Waals surface area contributed by atoms with Crippen LogP contribution in [-0.2, 0) is 6.61 Å². The van der Waals surface area contributed by atoms with Crippen molar-refractivity contribution < 1.29 is 14.3 Å². The number of carbonyl (C=O) groups is 1. The van der Waals surface area contributed by atoms with E-state index in [1.165, 1.54) is 6.21 Å². The maximum atomic E-state index is 12.2. The molecule has 5 nitrogen and oxygen atoms in total. The van der Waals surface area contributed by atoms with Gasteiger partial charge in [-0.2, -0.15) is 5.10 Å². The van der Waals surface area contributed by atoms with Crippen molar-refractivity contribution in [3.05, 3.63) is 93.5 Å². The molecule has 0 aliphatic heterocycles. The molecule has 0 aliphatic rings. The molecule has 0 fully saturated rings. The number of hydrazone groups is 1. The van der Waals surface area contributed by atoms with Gasteiger partial charge in [0, 0.05) is 11.1 Å².